The highest BCUT2D eigenvalue weighted by Crippen LogP contribution is 2.23. The third-order valence-electron chi connectivity index (χ3n) is 2.30. The van der Waals surface area contributed by atoms with Crippen molar-refractivity contribution in [2.24, 2.45) is 0 Å². The van der Waals surface area contributed by atoms with Gasteiger partial charge in [-0.05, 0) is 26.0 Å². The lowest BCUT2D eigenvalue weighted by Crippen LogP contribution is -2.46. The van der Waals surface area contributed by atoms with Crippen LogP contribution in [0.3, 0.4) is 0 Å². The second-order valence-electron chi connectivity index (χ2n) is 4.70. The number of sulfonamides is 1. The minimum Gasteiger partial charge on any atom is -0.394 e. The van der Waals surface area contributed by atoms with E-state index in [-0.39, 0.29) is 6.61 Å². The Hall–Kier alpha value is -1.25. The smallest absolute Gasteiger partial charge is 0.244 e. The molecule has 0 saturated carbocycles. The Morgan fingerprint density at radius 3 is 2.47 bits per heavy atom. The second-order valence-corrected chi connectivity index (χ2v) is 6.35. The molecule has 0 aromatic heterocycles. The maximum absolute atomic E-state index is 13.7. The standard InChI is InChI=1S/C11H16F2N2O3S/c1-11(2,6-18-3)15-19(16,17)8-5-4-7(12)10(14)9(8)13/h4-5,15H,6,14H2,1-3H3. The number of nitrogens with one attached hydrogen (secondary N) is 1. The molecule has 0 amide bonds. The van der Waals surface area contributed by atoms with Crippen molar-refractivity contribution in [1.29, 1.82) is 0 Å². The monoisotopic (exact) mass is 294 g/mol. The van der Waals surface area contributed by atoms with E-state index < -0.39 is 37.8 Å². The van der Waals surface area contributed by atoms with Crippen molar-refractivity contribution in [3.05, 3.63) is 23.8 Å². The Morgan fingerprint density at radius 2 is 1.95 bits per heavy atom. The molecule has 1 aromatic carbocycles. The first-order valence-electron chi connectivity index (χ1n) is 5.37. The zero-order chi connectivity index (χ0) is 14.8. The van der Waals surface area contributed by atoms with Crippen molar-refractivity contribution in [1.82, 2.24) is 4.72 Å². The minimum absolute atomic E-state index is 0.0878. The lowest BCUT2D eigenvalue weighted by Gasteiger charge is -2.25. The summed E-state index contributed by atoms with van der Waals surface area (Å²) < 4.78 is 57.9. The molecule has 0 unspecified atom stereocenters. The first-order valence-corrected chi connectivity index (χ1v) is 6.85. The maximum atomic E-state index is 13.7. The Morgan fingerprint density at radius 1 is 1.37 bits per heavy atom. The molecule has 0 aliphatic rings. The highest BCUT2D eigenvalue weighted by molar-refractivity contribution is 7.89. The number of nitrogens with two attached hydrogens (primary N) is 1. The Kier molecular flexibility index (Phi) is 4.49. The first kappa shape index (κ1) is 15.8. The molecule has 1 aromatic rings. The van der Waals surface area contributed by atoms with Gasteiger partial charge in [0.15, 0.2) is 5.82 Å². The molecule has 5 nitrogen and oxygen atoms in total. The van der Waals surface area contributed by atoms with E-state index in [2.05, 4.69) is 4.72 Å². The quantitative estimate of drug-likeness (QED) is 0.801. The molecule has 108 valence electrons. The number of anilines is 1. The van der Waals surface area contributed by atoms with Gasteiger partial charge in [0.05, 0.1) is 12.1 Å². The summed E-state index contributed by atoms with van der Waals surface area (Å²) in [7, 11) is -2.75. The zero-order valence-corrected chi connectivity index (χ0v) is 11.6. The van der Waals surface area contributed by atoms with Gasteiger partial charge in [0, 0.05) is 7.11 Å². The van der Waals surface area contributed by atoms with Crippen LogP contribution in [0.1, 0.15) is 13.8 Å². The molecule has 8 heteroatoms. The van der Waals surface area contributed by atoms with E-state index in [4.69, 9.17) is 10.5 Å². The Bertz CT molecular complexity index is 574. The molecule has 0 atom stereocenters. The summed E-state index contributed by atoms with van der Waals surface area (Å²) in [6.07, 6.45) is 0. The summed E-state index contributed by atoms with van der Waals surface area (Å²) >= 11 is 0. The number of rotatable bonds is 5. The molecule has 19 heavy (non-hydrogen) atoms. The van der Waals surface area contributed by atoms with E-state index in [1.807, 2.05) is 0 Å². The summed E-state index contributed by atoms with van der Waals surface area (Å²) in [5.74, 6) is -2.31. The Labute approximate surface area is 110 Å². The van der Waals surface area contributed by atoms with Gasteiger partial charge in [-0.25, -0.2) is 21.9 Å². The molecule has 1 rings (SSSR count). The van der Waals surface area contributed by atoms with E-state index in [0.717, 1.165) is 12.1 Å². The third kappa shape index (κ3) is 3.62. The van der Waals surface area contributed by atoms with Gasteiger partial charge in [-0.3, -0.25) is 0 Å². The molecular weight excluding hydrogens is 278 g/mol. The normalized spacial score (nSPS) is 12.7. The first-order chi connectivity index (χ1) is 8.60. The van der Waals surface area contributed by atoms with Crippen molar-refractivity contribution in [2.75, 3.05) is 19.5 Å². The van der Waals surface area contributed by atoms with Crippen molar-refractivity contribution >= 4 is 15.7 Å². The van der Waals surface area contributed by atoms with E-state index in [1.165, 1.54) is 7.11 Å². The van der Waals surface area contributed by atoms with Crippen LogP contribution in [0.25, 0.3) is 0 Å². The molecule has 0 spiro atoms. The van der Waals surface area contributed by atoms with Gasteiger partial charge in [0.25, 0.3) is 0 Å². The van der Waals surface area contributed by atoms with Crippen LogP contribution in [-0.2, 0) is 14.8 Å². The van der Waals surface area contributed by atoms with Crippen LogP contribution in [0.5, 0.6) is 0 Å². The van der Waals surface area contributed by atoms with Crippen LogP contribution in [0.15, 0.2) is 17.0 Å². The molecule has 0 saturated heterocycles. The highest BCUT2D eigenvalue weighted by Gasteiger charge is 2.29. The fourth-order valence-electron chi connectivity index (χ4n) is 1.57. The average molecular weight is 294 g/mol. The van der Waals surface area contributed by atoms with Gasteiger partial charge in [-0.15, -0.1) is 0 Å². The highest BCUT2D eigenvalue weighted by atomic mass is 32.2. The number of ether oxygens (including phenoxy) is 1. The Balaban J connectivity index is 3.19. The number of benzene rings is 1. The van der Waals surface area contributed by atoms with Crippen LogP contribution in [0.2, 0.25) is 0 Å². The molecule has 0 aliphatic carbocycles. The van der Waals surface area contributed by atoms with Crippen LogP contribution in [-0.4, -0.2) is 27.7 Å². The van der Waals surface area contributed by atoms with E-state index in [0.29, 0.717) is 0 Å². The van der Waals surface area contributed by atoms with E-state index >= 15 is 0 Å². The number of halogens is 2. The molecule has 0 fully saturated rings. The van der Waals surface area contributed by atoms with Gasteiger partial charge in [0.2, 0.25) is 10.0 Å². The lowest BCUT2D eigenvalue weighted by molar-refractivity contribution is 0.141. The summed E-state index contributed by atoms with van der Waals surface area (Å²) in [6, 6.07) is 1.63. The summed E-state index contributed by atoms with van der Waals surface area (Å²) in [5, 5.41) is 0. The molecule has 0 radical (unpaired) electrons. The number of nitrogen functional groups attached to an aromatic ring is 1. The van der Waals surface area contributed by atoms with Crippen LogP contribution in [0, 0.1) is 11.6 Å². The van der Waals surface area contributed by atoms with Crippen LogP contribution >= 0.6 is 0 Å². The number of hydrogen-bond acceptors (Lipinski definition) is 4. The predicted molar refractivity (Wildman–Crippen MR) is 67.0 cm³/mol. The molecular formula is C11H16F2N2O3S. The van der Waals surface area contributed by atoms with Gasteiger partial charge in [0.1, 0.15) is 16.4 Å². The molecule has 0 bridgehead atoms. The molecule has 3 N–H and O–H groups in total. The van der Waals surface area contributed by atoms with Gasteiger partial charge in [-0.2, -0.15) is 0 Å². The van der Waals surface area contributed by atoms with Crippen molar-refractivity contribution in [3.63, 3.8) is 0 Å². The largest absolute Gasteiger partial charge is 0.394 e. The summed E-state index contributed by atoms with van der Waals surface area (Å²) in [4.78, 5) is -0.699. The summed E-state index contributed by atoms with van der Waals surface area (Å²) in [6.45, 7) is 3.22. The lowest BCUT2D eigenvalue weighted by atomic mass is 10.1. The SMILES string of the molecule is COCC(C)(C)NS(=O)(=O)c1ccc(F)c(N)c1F. The minimum atomic E-state index is -4.16. The van der Waals surface area contributed by atoms with Crippen LogP contribution in [0.4, 0.5) is 14.5 Å². The topological polar surface area (TPSA) is 81.4 Å². The van der Waals surface area contributed by atoms with Crippen molar-refractivity contribution in [2.45, 2.75) is 24.3 Å². The van der Waals surface area contributed by atoms with Gasteiger partial charge < -0.3 is 10.5 Å². The van der Waals surface area contributed by atoms with Crippen molar-refractivity contribution < 1.29 is 21.9 Å². The van der Waals surface area contributed by atoms with Gasteiger partial charge in [-0.1, -0.05) is 0 Å². The summed E-state index contributed by atoms with van der Waals surface area (Å²) in [5.41, 5.74) is 3.37. The number of hydrogen-bond donors (Lipinski definition) is 2. The number of methoxy groups -OCH3 is 1. The van der Waals surface area contributed by atoms with Gasteiger partial charge >= 0.3 is 0 Å². The molecule has 0 aliphatic heterocycles. The van der Waals surface area contributed by atoms with Crippen LogP contribution < -0.4 is 10.5 Å². The second kappa shape index (κ2) is 5.40. The van der Waals surface area contributed by atoms with E-state index in [1.54, 1.807) is 13.8 Å². The predicted octanol–water partition coefficient (Wildman–Crippen LogP) is 1.25. The third-order valence-corrected chi connectivity index (χ3v) is 4.01. The maximum Gasteiger partial charge on any atom is 0.244 e. The van der Waals surface area contributed by atoms with E-state index in [9.17, 15) is 17.2 Å². The molecule has 0 heterocycles. The van der Waals surface area contributed by atoms with Crippen molar-refractivity contribution in [3.8, 4) is 0 Å². The zero-order valence-electron chi connectivity index (χ0n) is 10.8. The average Bonchev–Trinajstić information content (AvgIpc) is 2.23. The fourth-order valence-corrected chi connectivity index (χ4v) is 3.06. The fraction of sp³-hybridized carbons (Fsp3) is 0.455.